The molecule has 3 fully saturated rings. The molecule has 5 rings (SSSR count). The van der Waals surface area contributed by atoms with Crippen molar-refractivity contribution in [2.45, 2.75) is 18.5 Å². The molecule has 2 amide bonds. The van der Waals surface area contributed by atoms with E-state index in [0.29, 0.717) is 5.69 Å². The summed E-state index contributed by atoms with van der Waals surface area (Å²) in [5.41, 5.74) is 1.58. The molecule has 0 aliphatic carbocycles. The first-order chi connectivity index (χ1) is 13.6. The van der Waals surface area contributed by atoms with E-state index in [1.165, 1.54) is 4.90 Å². The Bertz CT molecular complexity index is 948. The van der Waals surface area contributed by atoms with E-state index in [9.17, 15) is 9.59 Å². The third-order valence-electron chi connectivity index (χ3n) is 5.95. The molecule has 0 aromatic heterocycles. The highest BCUT2D eigenvalue weighted by molar-refractivity contribution is 9.10. The molecule has 3 aliphatic rings. The zero-order valence-electron chi connectivity index (χ0n) is 15.4. The Morgan fingerprint density at radius 2 is 1.61 bits per heavy atom. The summed E-state index contributed by atoms with van der Waals surface area (Å²) in [5, 5.41) is 4.29. The lowest BCUT2D eigenvalue weighted by Gasteiger charge is -2.30. The maximum absolute atomic E-state index is 13.5. The predicted octanol–water partition coefficient (Wildman–Crippen LogP) is 2.99. The molecule has 0 N–H and O–H groups in total. The standard InChI is InChI=1S/C21H20BrN3O3/c1-28-16-6-3-2-5-15(16)18-17-19(24-12-4-11-23(18)24)21(27)25(20(17)26)14-9-7-13(22)8-10-14/h2-3,5-10,17-19H,4,11-12H2,1H3. The van der Waals surface area contributed by atoms with Crippen LogP contribution in [0.1, 0.15) is 18.0 Å². The van der Waals surface area contributed by atoms with Gasteiger partial charge in [-0.2, -0.15) is 0 Å². The fourth-order valence-electron chi connectivity index (χ4n) is 4.84. The van der Waals surface area contributed by atoms with Crippen molar-refractivity contribution in [2.24, 2.45) is 5.92 Å². The molecular formula is C21H20BrN3O3. The molecule has 0 saturated carbocycles. The number of hydrogen-bond donors (Lipinski definition) is 0. The molecule has 7 heteroatoms. The number of amides is 2. The average molecular weight is 442 g/mol. The number of ether oxygens (including phenoxy) is 1. The van der Waals surface area contributed by atoms with E-state index in [4.69, 9.17) is 4.74 Å². The van der Waals surface area contributed by atoms with Crippen molar-refractivity contribution in [1.29, 1.82) is 0 Å². The minimum absolute atomic E-state index is 0.136. The van der Waals surface area contributed by atoms with Gasteiger partial charge in [-0.3, -0.25) is 9.59 Å². The van der Waals surface area contributed by atoms with Crippen LogP contribution < -0.4 is 9.64 Å². The number of hydrazine groups is 1. The van der Waals surface area contributed by atoms with Crippen LogP contribution in [0.5, 0.6) is 5.75 Å². The van der Waals surface area contributed by atoms with Crippen molar-refractivity contribution in [2.75, 3.05) is 25.1 Å². The number of hydrogen-bond acceptors (Lipinski definition) is 5. The van der Waals surface area contributed by atoms with Crippen LogP contribution >= 0.6 is 15.9 Å². The summed E-state index contributed by atoms with van der Waals surface area (Å²) < 4.78 is 6.49. The van der Waals surface area contributed by atoms with Crippen LogP contribution in [-0.4, -0.2) is 48.1 Å². The van der Waals surface area contributed by atoms with Crippen molar-refractivity contribution in [3.63, 3.8) is 0 Å². The molecular weight excluding hydrogens is 422 g/mol. The third-order valence-corrected chi connectivity index (χ3v) is 6.48. The van der Waals surface area contributed by atoms with Crippen LogP contribution in [0.4, 0.5) is 5.69 Å². The Labute approximate surface area is 171 Å². The molecule has 3 atom stereocenters. The first kappa shape index (κ1) is 17.8. The quantitative estimate of drug-likeness (QED) is 0.685. The first-order valence-electron chi connectivity index (χ1n) is 9.41. The summed E-state index contributed by atoms with van der Waals surface area (Å²) in [6.45, 7) is 1.63. The van der Waals surface area contributed by atoms with Gasteiger partial charge in [0.25, 0.3) is 5.91 Å². The fraction of sp³-hybridized carbons (Fsp3) is 0.333. The second-order valence-electron chi connectivity index (χ2n) is 7.33. The topological polar surface area (TPSA) is 53.1 Å². The van der Waals surface area contributed by atoms with Crippen molar-refractivity contribution in [3.8, 4) is 5.75 Å². The lowest BCUT2D eigenvalue weighted by atomic mass is 9.89. The van der Waals surface area contributed by atoms with Gasteiger partial charge in [0.2, 0.25) is 5.91 Å². The van der Waals surface area contributed by atoms with Crippen LogP contribution in [0.3, 0.4) is 0 Å². The molecule has 2 aromatic rings. The Morgan fingerprint density at radius 1 is 0.929 bits per heavy atom. The Balaban J connectivity index is 1.60. The number of halogens is 1. The molecule has 3 aliphatic heterocycles. The maximum atomic E-state index is 13.5. The number of para-hydroxylation sites is 1. The number of anilines is 1. The van der Waals surface area contributed by atoms with Crippen LogP contribution in [0, 0.1) is 5.92 Å². The van der Waals surface area contributed by atoms with Crippen molar-refractivity contribution in [3.05, 3.63) is 58.6 Å². The Hall–Kier alpha value is -2.22. The fourth-order valence-corrected chi connectivity index (χ4v) is 5.11. The second kappa shape index (κ2) is 6.69. The maximum Gasteiger partial charge on any atom is 0.253 e. The molecule has 3 heterocycles. The van der Waals surface area contributed by atoms with Crippen LogP contribution in [0.25, 0.3) is 0 Å². The van der Waals surface area contributed by atoms with E-state index in [-0.39, 0.29) is 17.9 Å². The van der Waals surface area contributed by atoms with Crippen molar-refractivity contribution in [1.82, 2.24) is 10.0 Å². The zero-order chi connectivity index (χ0) is 19.4. The third kappa shape index (κ3) is 2.46. The summed E-state index contributed by atoms with van der Waals surface area (Å²) >= 11 is 3.41. The number of benzene rings is 2. The van der Waals surface area contributed by atoms with E-state index in [0.717, 1.165) is 35.3 Å². The minimum atomic E-state index is -0.450. The zero-order valence-corrected chi connectivity index (χ0v) is 17.0. The second-order valence-corrected chi connectivity index (χ2v) is 8.24. The van der Waals surface area contributed by atoms with E-state index in [1.807, 2.05) is 36.4 Å². The van der Waals surface area contributed by atoms with E-state index >= 15 is 0 Å². The molecule has 144 valence electrons. The molecule has 6 nitrogen and oxygen atoms in total. The van der Waals surface area contributed by atoms with Gasteiger partial charge in [-0.25, -0.2) is 14.9 Å². The van der Waals surface area contributed by atoms with Crippen LogP contribution in [-0.2, 0) is 9.59 Å². The summed E-state index contributed by atoms with van der Waals surface area (Å²) in [6, 6.07) is 14.5. The monoisotopic (exact) mass is 441 g/mol. The highest BCUT2D eigenvalue weighted by atomic mass is 79.9. The number of imide groups is 1. The molecule has 28 heavy (non-hydrogen) atoms. The normalized spacial score (nSPS) is 27.4. The number of rotatable bonds is 3. The Morgan fingerprint density at radius 3 is 2.32 bits per heavy atom. The molecule has 3 saturated heterocycles. The summed E-state index contributed by atoms with van der Waals surface area (Å²) in [7, 11) is 1.64. The summed E-state index contributed by atoms with van der Waals surface area (Å²) in [4.78, 5) is 28.2. The van der Waals surface area contributed by atoms with Gasteiger partial charge in [-0.05, 0) is 36.8 Å². The largest absolute Gasteiger partial charge is 0.496 e. The van der Waals surface area contributed by atoms with Gasteiger partial charge in [-0.1, -0.05) is 34.1 Å². The lowest BCUT2D eigenvalue weighted by Crippen LogP contribution is -2.44. The predicted molar refractivity (Wildman–Crippen MR) is 108 cm³/mol. The van der Waals surface area contributed by atoms with E-state index < -0.39 is 12.0 Å². The van der Waals surface area contributed by atoms with Crippen LogP contribution in [0.2, 0.25) is 0 Å². The molecule has 0 spiro atoms. The Kier molecular flexibility index (Phi) is 4.26. The smallest absolute Gasteiger partial charge is 0.253 e. The lowest BCUT2D eigenvalue weighted by molar-refractivity contribution is -0.126. The first-order valence-corrected chi connectivity index (χ1v) is 10.2. The van der Waals surface area contributed by atoms with Gasteiger partial charge in [0.05, 0.1) is 24.8 Å². The molecule has 0 bridgehead atoms. The van der Waals surface area contributed by atoms with Crippen LogP contribution in [0.15, 0.2) is 53.0 Å². The molecule has 0 radical (unpaired) electrons. The van der Waals surface area contributed by atoms with E-state index in [1.54, 1.807) is 19.2 Å². The van der Waals surface area contributed by atoms with Gasteiger partial charge in [0, 0.05) is 23.1 Å². The molecule has 2 aromatic carbocycles. The van der Waals surface area contributed by atoms with E-state index in [2.05, 4.69) is 25.9 Å². The number of methoxy groups -OCH3 is 1. The van der Waals surface area contributed by atoms with Gasteiger partial charge in [0.1, 0.15) is 11.8 Å². The SMILES string of the molecule is COc1ccccc1C1C2C(=O)N(c3ccc(Br)cc3)C(=O)C2N2CCCN12. The van der Waals surface area contributed by atoms with Gasteiger partial charge in [-0.15, -0.1) is 0 Å². The summed E-state index contributed by atoms with van der Waals surface area (Å²) in [6.07, 6.45) is 0.981. The highest BCUT2D eigenvalue weighted by Gasteiger charge is 2.63. The van der Waals surface area contributed by atoms with Gasteiger partial charge in [0.15, 0.2) is 0 Å². The highest BCUT2D eigenvalue weighted by Crippen LogP contribution is 2.50. The number of carbonyl (C=O) groups excluding carboxylic acids is 2. The number of carbonyl (C=O) groups is 2. The number of fused-ring (bicyclic) bond motifs is 3. The van der Waals surface area contributed by atoms with Crippen molar-refractivity contribution < 1.29 is 14.3 Å². The van der Waals surface area contributed by atoms with Gasteiger partial charge >= 0.3 is 0 Å². The number of nitrogens with zero attached hydrogens (tertiary/aromatic N) is 3. The summed E-state index contributed by atoms with van der Waals surface area (Å²) in [5.74, 6) is 0.0411. The average Bonchev–Trinajstić information content (AvgIpc) is 3.35. The minimum Gasteiger partial charge on any atom is -0.496 e. The van der Waals surface area contributed by atoms with Gasteiger partial charge < -0.3 is 4.74 Å². The molecule has 3 unspecified atom stereocenters. The van der Waals surface area contributed by atoms with Crippen molar-refractivity contribution >= 4 is 33.4 Å².